The number of carboxylic acid groups (broad SMARTS) is 1. The summed E-state index contributed by atoms with van der Waals surface area (Å²) < 4.78 is 10.4. The highest BCUT2D eigenvalue weighted by atomic mass is 35.5. The zero-order chi connectivity index (χ0) is 15.0. The molecule has 0 saturated carbocycles. The second-order valence-corrected chi connectivity index (χ2v) is 5.24. The van der Waals surface area contributed by atoms with E-state index in [1.54, 1.807) is 18.2 Å². The van der Waals surface area contributed by atoms with E-state index < -0.39 is 11.9 Å². The third kappa shape index (κ3) is 2.67. The van der Waals surface area contributed by atoms with Gasteiger partial charge in [0.2, 0.25) is 6.79 Å². The number of nitrogens with one attached hydrogen (secondary N) is 1. The molecule has 6 nitrogen and oxygen atoms in total. The van der Waals surface area contributed by atoms with E-state index >= 15 is 0 Å². The third-order valence-electron chi connectivity index (χ3n) is 3.41. The van der Waals surface area contributed by atoms with Crippen molar-refractivity contribution in [2.24, 2.45) is 5.92 Å². The minimum Gasteiger partial charge on any atom is -0.481 e. The first-order valence-electron chi connectivity index (χ1n) is 6.35. The zero-order valence-electron chi connectivity index (χ0n) is 10.8. The number of carbonyl (C=O) groups is 2. The van der Waals surface area contributed by atoms with Crippen LogP contribution in [-0.4, -0.2) is 29.8 Å². The Morgan fingerprint density at radius 2 is 2.10 bits per heavy atom. The summed E-state index contributed by atoms with van der Waals surface area (Å²) in [5.74, 6) is -0.932. The van der Waals surface area contributed by atoms with Crippen molar-refractivity contribution >= 4 is 23.5 Å². The average molecular weight is 310 g/mol. The Bertz CT molecular complexity index is 642. The maximum atomic E-state index is 12.2. The molecule has 0 saturated heterocycles. The monoisotopic (exact) mass is 309 g/mol. The van der Waals surface area contributed by atoms with E-state index in [-0.39, 0.29) is 18.7 Å². The number of ether oxygens (including phenoxy) is 2. The van der Waals surface area contributed by atoms with Gasteiger partial charge in [-0.3, -0.25) is 9.59 Å². The lowest BCUT2D eigenvalue weighted by atomic mass is 10.1. The molecule has 21 heavy (non-hydrogen) atoms. The van der Waals surface area contributed by atoms with Gasteiger partial charge in [0.15, 0.2) is 11.5 Å². The van der Waals surface area contributed by atoms with Gasteiger partial charge in [-0.25, -0.2) is 0 Å². The number of rotatable bonds is 3. The molecular weight excluding hydrogens is 298 g/mol. The van der Waals surface area contributed by atoms with Gasteiger partial charge in [-0.15, -0.1) is 0 Å². The van der Waals surface area contributed by atoms with Crippen LogP contribution in [0.15, 0.2) is 24.3 Å². The topological polar surface area (TPSA) is 84.9 Å². The lowest BCUT2D eigenvalue weighted by molar-refractivity contribution is -0.140. The van der Waals surface area contributed by atoms with Crippen LogP contribution in [0.25, 0.3) is 0 Å². The van der Waals surface area contributed by atoms with E-state index in [0.29, 0.717) is 28.5 Å². The maximum absolute atomic E-state index is 12.2. The van der Waals surface area contributed by atoms with Crippen molar-refractivity contribution in [2.45, 2.75) is 12.5 Å². The predicted octanol–water partition coefficient (Wildman–Crippen LogP) is 1.83. The molecule has 1 aromatic rings. The molecule has 1 aliphatic carbocycles. The number of aliphatic carboxylic acids is 1. The number of benzene rings is 1. The van der Waals surface area contributed by atoms with Crippen LogP contribution in [0.4, 0.5) is 0 Å². The van der Waals surface area contributed by atoms with E-state index in [1.165, 1.54) is 6.07 Å². The summed E-state index contributed by atoms with van der Waals surface area (Å²) >= 11 is 6.02. The number of hydrogen-bond acceptors (Lipinski definition) is 4. The number of fused-ring (bicyclic) bond motifs is 1. The number of carbonyl (C=O) groups excluding carboxylic acids is 1. The summed E-state index contributed by atoms with van der Waals surface area (Å²) in [6.45, 7) is 0.0752. The van der Waals surface area contributed by atoms with Crippen LogP contribution in [0.1, 0.15) is 16.8 Å². The highest BCUT2D eigenvalue weighted by Crippen LogP contribution is 2.39. The second kappa shape index (κ2) is 5.29. The summed E-state index contributed by atoms with van der Waals surface area (Å²) in [4.78, 5) is 23.0. The molecule has 0 fully saturated rings. The van der Waals surface area contributed by atoms with Gasteiger partial charge < -0.3 is 19.9 Å². The molecule has 2 atom stereocenters. The first kappa shape index (κ1) is 13.8. The first-order valence-corrected chi connectivity index (χ1v) is 6.73. The summed E-state index contributed by atoms with van der Waals surface area (Å²) in [6.07, 6.45) is 3.62. The highest BCUT2D eigenvalue weighted by molar-refractivity contribution is 6.32. The lowest BCUT2D eigenvalue weighted by Crippen LogP contribution is -2.33. The fraction of sp³-hybridized carbons (Fsp3) is 0.286. The average Bonchev–Trinajstić information content (AvgIpc) is 3.07. The SMILES string of the molecule is O=C(NC1C=CC(C(=O)O)C1)c1cc(Cl)c2c(c1)OCO2. The first-order chi connectivity index (χ1) is 10.0. The van der Waals surface area contributed by atoms with Crippen LogP contribution >= 0.6 is 11.6 Å². The Labute approximate surface area is 125 Å². The Morgan fingerprint density at radius 3 is 2.81 bits per heavy atom. The zero-order valence-corrected chi connectivity index (χ0v) is 11.6. The van der Waals surface area contributed by atoms with Gasteiger partial charge in [0, 0.05) is 11.6 Å². The van der Waals surface area contributed by atoms with E-state index in [1.807, 2.05) is 0 Å². The van der Waals surface area contributed by atoms with Crippen LogP contribution in [0.3, 0.4) is 0 Å². The molecule has 3 rings (SSSR count). The van der Waals surface area contributed by atoms with E-state index in [9.17, 15) is 9.59 Å². The van der Waals surface area contributed by atoms with E-state index in [0.717, 1.165) is 0 Å². The van der Waals surface area contributed by atoms with Crippen LogP contribution in [0.2, 0.25) is 5.02 Å². The second-order valence-electron chi connectivity index (χ2n) is 4.84. The highest BCUT2D eigenvalue weighted by Gasteiger charge is 2.26. The Balaban J connectivity index is 1.71. The van der Waals surface area contributed by atoms with Gasteiger partial charge in [0.1, 0.15) is 0 Å². The van der Waals surface area contributed by atoms with Gasteiger partial charge in [-0.2, -0.15) is 0 Å². The van der Waals surface area contributed by atoms with Gasteiger partial charge in [0.05, 0.1) is 10.9 Å². The van der Waals surface area contributed by atoms with Crippen molar-refractivity contribution in [3.05, 3.63) is 34.9 Å². The molecule has 1 heterocycles. The van der Waals surface area contributed by atoms with Gasteiger partial charge in [-0.05, 0) is 18.6 Å². The molecule has 0 bridgehead atoms. The standard InChI is InChI=1S/C14H12ClNO5/c15-10-4-8(5-11-12(10)21-6-20-11)13(17)16-9-2-1-7(3-9)14(18)19/h1-2,4-5,7,9H,3,6H2,(H,16,17)(H,18,19). The minimum atomic E-state index is -0.894. The molecule has 0 radical (unpaired) electrons. The van der Waals surface area contributed by atoms with Crippen LogP contribution in [0, 0.1) is 5.92 Å². The van der Waals surface area contributed by atoms with Crippen molar-refractivity contribution < 1.29 is 24.2 Å². The number of halogens is 1. The van der Waals surface area contributed by atoms with Crippen molar-refractivity contribution in [3.63, 3.8) is 0 Å². The Morgan fingerprint density at radius 1 is 1.29 bits per heavy atom. The molecular formula is C14H12ClNO5. The van der Waals surface area contributed by atoms with Crippen molar-refractivity contribution in [1.29, 1.82) is 0 Å². The largest absolute Gasteiger partial charge is 0.481 e. The minimum absolute atomic E-state index is 0.0752. The Kier molecular flexibility index (Phi) is 3.47. The van der Waals surface area contributed by atoms with Crippen molar-refractivity contribution in [2.75, 3.05) is 6.79 Å². The number of carboxylic acids is 1. The molecule has 1 aliphatic heterocycles. The van der Waals surface area contributed by atoms with Gasteiger partial charge in [0.25, 0.3) is 5.91 Å². The fourth-order valence-electron chi connectivity index (χ4n) is 2.34. The number of hydrogen-bond donors (Lipinski definition) is 2. The molecule has 2 aliphatic rings. The molecule has 2 unspecified atom stereocenters. The summed E-state index contributed by atoms with van der Waals surface area (Å²) in [5, 5.41) is 12.0. The molecule has 7 heteroatoms. The van der Waals surface area contributed by atoms with Crippen molar-refractivity contribution in [3.8, 4) is 11.5 Å². The molecule has 2 N–H and O–H groups in total. The quantitative estimate of drug-likeness (QED) is 0.832. The lowest BCUT2D eigenvalue weighted by Gasteiger charge is -2.12. The maximum Gasteiger partial charge on any atom is 0.310 e. The molecule has 0 aromatic heterocycles. The normalized spacial score (nSPS) is 22.3. The molecule has 1 amide bonds. The molecule has 110 valence electrons. The van der Waals surface area contributed by atoms with Crippen LogP contribution < -0.4 is 14.8 Å². The van der Waals surface area contributed by atoms with Gasteiger partial charge in [-0.1, -0.05) is 23.8 Å². The fourth-order valence-corrected chi connectivity index (χ4v) is 2.60. The summed E-state index contributed by atoms with van der Waals surface area (Å²) in [7, 11) is 0. The Hall–Kier alpha value is -2.21. The molecule has 0 spiro atoms. The van der Waals surface area contributed by atoms with E-state index in [4.69, 9.17) is 26.2 Å². The summed E-state index contributed by atoms with van der Waals surface area (Å²) in [6, 6.07) is 2.75. The van der Waals surface area contributed by atoms with Gasteiger partial charge >= 0.3 is 5.97 Å². The van der Waals surface area contributed by atoms with E-state index in [2.05, 4.69) is 5.32 Å². The van der Waals surface area contributed by atoms with Crippen LogP contribution in [-0.2, 0) is 4.79 Å². The van der Waals surface area contributed by atoms with Crippen LogP contribution in [0.5, 0.6) is 11.5 Å². The third-order valence-corrected chi connectivity index (χ3v) is 3.69. The number of amides is 1. The smallest absolute Gasteiger partial charge is 0.310 e. The van der Waals surface area contributed by atoms with Crippen molar-refractivity contribution in [1.82, 2.24) is 5.32 Å². The predicted molar refractivity (Wildman–Crippen MR) is 73.7 cm³/mol. The summed E-state index contributed by atoms with van der Waals surface area (Å²) in [5.41, 5.74) is 0.344. The molecule has 1 aromatic carbocycles.